The molecule has 0 radical (unpaired) electrons. The molecule has 3 rings (SSSR count). The topological polar surface area (TPSA) is 61.8 Å². The summed E-state index contributed by atoms with van der Waals surface area (Å²) in [6.07, 6.45) is 1.78. The normalized spacial score (nSPS) is 23.0. The lowest BCUT2D eigenvalue weighted by Crippen LogP contribution is -2.42. The molecule has 1 aromatic carbocycles. The summed E-state index contributed by atoms with van der Waals surface area (Å²) in [7, 11) is 1.68. The maximum Gasteiger partial charge on any atom is 0.256 e. The number of carbonyl (C=O) groups is 1. The Morgan fingerprint density at radius 1 is 1.17 bits per heavy atom. The molecule has 24 heavy (non-hydrogen) atoms. The number of nitrogens with one attached hydrogen (secondary N) is 1. The van der Waals surface area contributed by atoms with Crippen LogP contribution >= 0.6 is 0 Å². The van der Waals surface area contributed by atoms with Crippen molar-refractivity contribution < 1.29 is 14.7 Å². The number of rotatable bonds is 3. The molecule has 0 bridgehead atoms. The molecule has 1 saturated heterocycles. The van der Waals surface area contributed by atoms with Crippen LogP contribution < -0.4 is 5.32 Å². The Morgan fingerprint density at radius 3 is 2.29 bits per heavy atom. The van der Waals surface area contributed by atoms with E-state index in [0.29, 0.717) is 5.57 Å². The molecular formula is C19H26N2O3. The molecule has 1 unspecified atom stereocenters. The van der Waals surface area contributed by atoms with E-state index in [1.807, 2.05) is 25.8 Å². The number of aliphatic hydroxyl groups excluding tert-OH is 1. The van der Waals surface area contributed by atoms with E-state index in [9.17, 15) is 9.90 Å². The number of hydroxylamine groups is 2. The Kier molecular flexibility index (Phi) is 4.65. The fourth-order valence-corrected chi connectivity index (χ4v) is 4.10. The third-order valence-corrected chi connectivity index (χ3v) is 5.22. The lowest BCUT2D eigenvalue weighted by molar-refractivity contribution is -0.149. The summed E-state index contributed by atoms with van der Waals surface area (Å²) in [5, 5.41) is 15.7. The minimum absolute atomic E-state index is 0.165. The second-order valence-electron chi connectivity index (χ2n) is 6.93. The van der Waals surface area contributed by atoms with Gasteiger partial charge < -0.3 is 15.3 Å². The second-order valence-corrected chi connectivity index (χ2v) is 6.93. The number of benzene rings is 1. The predicted molar refractivity (Wildman–Crippen MR) is 93.4 cm³/mol. The Labute approximate surface area is 143 Å². The van der Waals surface area contributed by atoms with Crippen molar-refractivity contribution in [3.8, 4) is 0 Å². The van der Waals surface area contributed by atoms with E-state index < -0.39 is 0 Å². The molecule has 130 valence electrons. The number of amides is 1. The molecule has 5 heteroatoms. The van der Waals surface area contributed by atoms with Crippen molar-refractivity contribution in [2.45, 2.75) is 39.7 Å². The lowest BCUT2D eigenvalue weighted by atomic mass is 9.87. The Balaban J connectivity index is 1.91. The maximum absolute atomic E-state index is 12.6. The van der Waals surface area contributed by atoms with E-state index in [1.165, 1.54) is 0 Å². The van der Waals surface area contributed by atoms with Crippen molar-refractivity contribution in [2.24, 2.45) is 5.92 Å². The largest absolute Gasteiger partial charge is 0.509 e. The molecule has 2 aliphatic heterocycles. The van der Waals surface area contributed by atoms with Gasteiger partial charge >= 0.3 is 0 Å². The number of aliphatic hydroxyl groups is 1. The Hall–Kier alpha value is -1.85. The predicted octanol–water partition coefficient (Wildman–Crippen LogP) is 2.65. The van der Waals surface area contributed by atoms with Crippen LogP contribution in [-0.4, -0.2) is 42.3 Å². The van der Waals surface area contributed by atoms with Gasteiger partial charge in [-0.3, -0.25) is 4.79 Å². The number of nitrogens with zero attached hydrogens (tertiary/aromatic N) is 1. The van der Waals surface area contributed by atoms with E-state index in [1.54, 1.807) is 7.11 Å². The summed E-state index contributed by atoms with van der Waals surface area (Å²) in [5.74, 6) is 0.275. The first-order valence-electron chi connectivity index (χ1n) is 8.53. The summed E-state index contributed by atoms with van der Waals surface area (Å²) in [5.41, 5.74) is 4.53. The zero-order chi connectivity index (χ0) is 17.4. The summed E-state index contributed by atoms with van der Waals surface area (Å²) in [6.45, 7) is 7.66. The molecule has 0 aromatic heterocycles. The van der Waals surface area contributed by atoms with Gasteiger partial charge in [0.2, 0.25) is 0 Å². The van der Waals surface area contributed by atoms with Crippen molar-refractivity contribution in [2.75, 3.05) is 20.2 Å². The summed E-state index contributed by atoms with van der Waals surface area (Å²) in [6, 6.07) is 3.83. The molecule has 0 spiro atoms. The van der Waals surface area contributed by atoms with E-state index in [2.05, 4.69) is 17.4 Å². The zero-order valence-electron chi connectivity index (χ0n) is 14.8. The van der Waals surface area contributed by atoms with Gasteiger partial charge in [-0.25, -0.2) is 0 Å². The van der Waals surface area contributed by atoms with Crippen LogP contribution in [0.2, 0.25) is 0 Å². The molecule has 1 atom stereocenters. The fraction of sp³-hybridized carbons (Fsp3) is 0.526. The van der Waals surface area contributed by atoms with Crippen LogP contribution in [0.3, 0.4) is 0 Å². The van der Waals surface area contributed by atoms with Gasteiger partial charge in [0.1, 0.15) is 5.76 Å². The first-order valence-corrected chi connectivity index (χ1v) is 8.53. The highest BCUT2D eigenvalue weighted by Gasteiger charge is 2.39. The highest BCUT2D eigenvalue weighted by molar-refractivity contribution is 6.23. The van der Waals surface area contributed by atoms with Gasteiger partial charge in [0.15, 0.2) is 0 Å². The molecule has 1 fully saturated rings. The minimum atomic E-state index is -0.286. The highest BCUT2D eigenvalue weighted by atomic mass is 16.7. The van der Waals surface area contributed by atoms with E-state index in [4.69, 9.17) is 4.84 Å². The standard InChI is InChI=1S/C19H26N2O3/c1-11-9-12(2)15(13(3)10-11)16-18(22)17(20-19(16)23)14-5-7-21(24-4)8-6-14/h9-10,14,17,22H,5-8H2,1-4H3,(H,20,23). The molecule has 2 heterocycles. The van der Waals surface area contributed by atoms with Gasteiger partial charge in [-0.2, -0.15) is 5.06 Å². The third-order valence-electron chi connectivity index (χ3n) is 5.22. The average molecular weight is 330 g/mol. The Bertz CT molecular complexity index is 665. The first kappa shape index (κ1) is 17.0. The number of hydrogen-bond donors (Lipinski definition) is 2. The number of aryl methyl sites for hydroxylation is 3. The van der Waals surface area contributed by atoms with E-state index in [0.717, 1.165) is 48.2 Å². The summed E-state index contributed by atoms with van der Waals surface area (Å²) < 4.78 is 0. The average Bonchev–Trinajstić information content (AvgIpc) is 2.82. The molecule has 0 saturated carbocycles. The summed E-state index contributed by atoms with van der Waals surface area (Å²) in [4.78, 5) is 17.8. The van der Waals surface area contributed by atoms with Crippen molar-refractivity contribution in [1.82, 2.24) is 10.4 Å². The monoisotopic (exact) mass is 330 g/mol. The van der Waals surface area contributed by atoms with Crippen molar-refractivity contribution in [1.29, 1.82) is 0 Å². The molecular weight excluding hydrogens is 304 g/mol. The summed E-state index contributed by atoms with van der Waals surface area (Å²) >= 11 is 0. The molecule has 1 amide bonds. The van der Waals surface area contributed by atoms with Crippen molar-refractivity contribution >= 4 is 11.5 Å². The minimum Gasteiger partial charge on any atom is -0.509 e. The van der Waals surface area contributed by atoms with Crippen LogP contribution in [0.4, 0.5) is 0 Å². The quantitative estimate of drug-likeness (QED) is 0.894. The number of piperidine rings is 1. The van der Waals surface area contributed by atoms with Crippen LogP contribution in [0, 0.1) is 26.7 Å². The van der Waals surface area contributed by atoms with Crippen molar-refractivity contribution in [3.05, 3.63) is 40.1 Å². The van der Waals surface area contributed by atoms with Gasteiger partial charge in [0, 0.05) is 13.1 Å². The zero-order valence-corrected chi connectivity index (χ0v) is 14.8. The van der Waals surface area contributed by atoms with Crippen LogP contribution in [-0.2, 0) is 9.63 Å². The van der Waals surface area contributed by atoms with Gasteiger partial charge in [-0.05, 0) is 56.2 Å². The molecule has 5 nitrogen and oxygen atoms in total. The van der Waals surface area contributed by atoms with Crippen LogP contribution in [0.5, 0.6) is 0 Å². The Morgan fingerprint density at radius 2 is 1.75 bits per heavy atom. The SMILES string of the molecule is CON1CCC(C2NC(=O)C(c3c(C)cc(C)cc3C)=C2O)CC1. The first-order chi connectivity index (χ1) is 11.4. The van der Waals surface area contributed by atoms with Gasteiger partial charge in [-0.1, -0.05) is 17.7 Å². The molecule has 2 aliphatic rings. The highest BCUT2D eigenvalue weighted by Crippen LogP contribution is 2.35. The third kappa shape index (κ3) is 2.94. The smallest absolute Gasteiger partial charge is 0.256 e. The van der Waals surface area contributed by atoms with Crippen molar-refractivity contribution in [3.63, 3.8) is 0 Å². The number of carbonyl (C=O) groups excluding carboxylic acids is 1. The fourth-order valence-electron chi connectivity index (χ4n) is 4.10. The molecule has 1 aromatic rings. The lowest BCUT2D eigenvalue weighted by Gasteiger charge is -2.33. The van der Waals surface area contributed by atoms with Gasteiger partial charge in [0.05, 0.1) is 18.7 Å². The molecule has 2 N–H and O–H groups in total. The van der Waals surface area contributed by atoms with Crippen LogP contribution in [0.15, 0.2) is 17.9 Å². The number of hydrogen-bond acceptors (Lipinski definition) is 4. The van der Waals surface area contributed by atoms with E-state index in [-0.39, 0.29) is 23.6 Å². The molecule has 0 aliphatic carbocycles. The van der Waals surface area contributed by atoms with Crippen LogP contribution in [0.1, 0.15) is 35.1 Å². The second kappa shape index (κ2) is 6.57. The maximum atomic E-state index is 12.6. The van der Waals surface area contributed by atoms with Gasteiger partial charge in [0.25, 0.3) is 5.91 Å². The van der Waals surface area contributed by atoms with E-state index >= 15 is 0 Å². The van der Waals surface area contributed by atoms with Gasteiger partial charge in [-0.15, -0.1) is 0 Å². The van der Waals surface area contributed by atoms with Crippen LogP contribution in [0.25, 0.3) is 5.57 Å².